The first kappa shape index (κ1) is 15.3. The van der Waals surface area contributed by atoms with Crippen LogP contribution in [0.1, 0.15) is 34.2 Å². The third-order valence-electron chi connectivity index (χ3n) is 4.71. The van der Waals surface area contributed by atoms with Crippen LogP contribution in [0.4, 0.5) is 0 Å². The van der Waals surface area contributed by atoms with Crippen LogP contribution in [-0.4, -0.2) is 51.2 Å². The van der Waals surface area contributed by atoms with E-state index in [0.717, 1.165) is 18.5 Å². The molecular formula is C17H20N4O3. The Labute approximate surface area is 140 Å². The molecule has 7 nitrogen and oxygen atoms in total. The second-order valence-electron chi connectivity index (χ2n) is 6.66. The molecule has 2 fully saturated rings. The van der Waals surface area contributed by atoms with Gasteiger partial charge in [-0.1, -0.05) is 5.16 Å². The number of pyridine rings is 1. The number of aromatic nitrogens is 3. The maximum absolute atomic E-state index is 12.6. The summed E-state index contributed by atoms with van der Waals surface area (Å²) >= 11 is 0. The summed E-state index contributed by atoms with van der Waals surface area (Å²) in [7, 11) is 0. The van der Waals surface area contributed by atoms with Gasteiger partial charge in [0.25, 0.3) is 5.91 Å². The lowest BCUT2D eigenvalue weighted by Crippen LogP contribution is -2.32. The highest BCUT2D eigenvalue weighted by Gasteiger charge is 2.44. The molecule has 0 radical (unpaired) electrons. The van der Waals surface area contributed by atoms with Crippen molar-refractivity contribution in [2.45, 2.75) is 38.9 Å². The smallest absolute Gasteiger partial charge is 0.272 e. The number of fused-ring (bicyclic) bond motifs is 1. The predicted molar refractivity (Wildman–Crippen MR) is 84.4 cm³/mol. The maximum atomic E-state index is 12.6. The van der Waals surface area contributed by atoms with E-state index in [1.54, 1.807) is 13.1 Å². The highest BCUT2D eigenvalue weighted by Crippen LogP contribution is 2.34. The first-order valence-corrected chi connectivity index (χ1v) is 8.25. The van der Waals surface area contributed by atoms with Gasteiger partial charge in [0.1, 0.15) is 5.69 Å². The summed E-state index contributed by atoms with van der Waals surface area (Å²) in [4.78, 5) is 22.9. The van der Waals surface area contributed by atoms with E-state index in [1.165, 1.54) is 0 Å². The molecule has 0 saturated carbocycles. The van der Waals surface area contributed by atoms with E-state index in [-0.39, 0.29) is 18.1 Å². The molecule has 126 valence electrons. The molecule has 1 amide bonds. The van der Waals surface area contributed by atoms with Crippen molar-refractivity contribution in [3.63, 3.8) is 0 Å². The number of rotatable bonds is 3. The van der Waals surface area contributed by atoms with E-state index in [2.05, 4.69) is 15.1 Å². The zero-order valence-electron chi connectivity index (χ0n) is 13.8. The van der Waals surface area contributed by atoms with Gasteiger partial charge in [-0.3, -0.25) is 9.78 Å². The minimum Gasteiger partial charge on any atom is -0.372 e. The molecule has 0 N–H and O–H groups in total. The standard InChI is InChI=1S/C17H20N4O3/c1-10-3-4-18-14(5-10)17(22)21-8-12-6-13(23-15(12)9-21)7-16-19-11(2)20-24-16/h3-5,12-13,15H,6-9H2,1-2H3/t12-,13+,15+/m0/s1. The van der Waals surface area contributed by atoms with Crippen molar-refractivity contribution >= 4 is 5.91 Å². The van der Waals surface area contributed by atoms with Gasteiger partial charge in [0.2, 0.25) is 5.89 Å². The van der Waals surface area contributed by atoms with Crippen LogP contribution in [-0.2, 0) is 11.2 Å². The second kappa shape index (κ2) is 5.98. The Morgan fingerprint density at radius 2 is 2.25 bits per heavy atom. The van der Waals surface area contributed by atoms with Gasteiger partial charge in [0.15, 0.2) is 5.82 Å². The number of hydrogen-bond acceptors (Lipinski definition) is 6. The summed E-state index contributed by atoms with van der Waals surface area (Å²) in [5.41, 5.74) is 1.55. The lowest BCUT2D eigenvalue weighted by Gasteiger charge is -2.18. The summed E-state index contributed by atoms with van der Waals surface area (Å²) in [6.07, 6.45) is 3.42. The normalized spacial score (nSPS) is 25.9. The molecule has 4 rings (SSSR count). The van der Waals surface area contributed by atoms with Crippen LogP contribution in [0.25, 0.3) is 0 Å². The van der Waals surface area contributed by atoms with Crippen LogP contribution in [0.5, 0.6) is 0 Å². The van der Waals surface area contributed by atoms with Crippen molar-refractivity contribution in [1.82, 2.24) is 20.0 Å². The van der Waals surface area contributed by atoms with Crippen LogP contribution < -0.4 is 0 Å². The number of carbonyl (C=O) groups excluding carboxylic acids is 1. The van der Waals surface area contributed by atoms with Crippen molar-refractivity contribution in [2.75, 3.05) is 13.1 Å². The highest BCUT2D eigenvalue weighted by atomic mass is 16.5. The quantitative estimate of drug-likeness (QED) is 0.850. The lowest BCUT2D eigenvalue weighted by atomic mass is 10.0. The number of ether oxygens (including phenoxy) is 1. The average Bonchev–Trinajstić information content (AvgIpc) is 3.21. The third-order valence-corrected chi connectivity index (χ3v) is 4.71. The zero-order chi connectivity index (χ0) is 16.7. The molecule has 2 aromatic rings. The largest absolute Gasteiger partial charge is 0.372 e. The summed E-state index contributed by atoms with van der Waals surface area (Å²) < 4.78 is 11.3. The molecule has 0 aliphatic carbocycles. The predicted octanol–water partition coefficient (Wildman–Crippen LogP) is 1.55. The summed E-state index contributed by atoms with van der Waals surface area (Å²) in [6.45, 7) is 5.11. The van der Waals surface area contributed by atoms with Gasteiger partial charge in [-0.2, -0.15) is 4.98 Å². The van der Waals surface area contributed by atoms with Gasteiger partial charge in [-0.15, -0.1) is 0 Å². The Bertz CT molecular complexity index is 746. The molecule has 2 saturated heterocycles. The summed E-state index contributed by atoms with van der Waals surface area (Å²) in [5, 5.41) is 3.81. The van der Waals surface area contributed by atoms with Gasteiger partial charge in [0.05, 0.1) is 18.6 Å². The number of amides is 1. The monoisotopic (exact) mass is 328 g/mol. The Kier molecular flexibility index (Phi) is 3.80. The van der Waals surface area contributed by atoms with E-state index < -0.39 is 0 Å². The average molecular weight is 328 g/mol. The molecule has 2 aromatic heterocycles. The molecule has 0 bridgehead atoms. The molecule has 4 heterocycles. The van der Waals surface area contributed by atoms with Crippen LogP contribution >= 0.6 is 0 Å². The lowest BCUT2D eigenvalue weighted by molar-refractivity contribution is 0.0329. The van der Waals surface area contributed by atoms with Crippen LogP contribution in [0.15, 0.2) is 22.9 Å². The fourth-order valence-electron chi connectivity index (χ4n) is 3.59. The summed E-state index contributed by atoms with van der Waals surface area (Å²) in [6, 6.07) is 3.72. The molecule has 3 atom stereocenters. The fourth-order valence-corrected chi connectivity index (χ4v) is 3.59. The Balaban J connectivity index is 1.36. The first-order chi connectivity index (χ1) is 11.6. The van der Waals surface area contributed by atoms with Gasteiger partial charge in [0, 0.05) is 25.2 Å². The van der Waals surface area contributed by atoms with Gasteiger partial charge < -0.3 is 14.2 Å². The van der Waals surface area contributed by atoms with E-state index in [4.69, 9.17) is 9.26 Å². The fraction of sp³-hybridized carbons (Fsp3) is 0.529. The molecule has 0 spiro atoms. The zero-order valence-corrected chi connectivity index (χ0v) is 13.8. The molecule has 7 heteroatoms. The number of nitrogens with zero attached hydrogens (tertiary/aromatic N) is 4. The minimum absolute atomic E-state index is 0.0132. The van der Waals surface area contributed by atoms with Crippen molar-refractivity contribution in [1.29, 1.82) is 0 Å². The molecule has 24 heavy (non-hydrogen) atoms. The van der Waals surface area contributed by atoms with Crippen molar-refractivity contribution < 1.29 is 14.1 Å². The van der Waals surface area contributed by atoms with Crippen molar-refractivity contribution in [2.24, 2.45) is 5.92 Å². The molecule has 2 aliphatic heterocycles. The number of aryl methyl sites for hydroxylation is 2. The maximum Gasteiger partial charge on any atom is 0.272 e. The minimum atomic E-state index is -0.0132. The van der Waals surface area contributed by atoms with E-state index in [1.807, 2.05) is 24.0 Å². The highest BCUT2D eigenvalue weighted by molar-refractivity contribution is 5.92. The van der Waals surface area contributed by atoms with Crippen LogP contribution in [0.2, 0.25) is 0 Å². The molecule has 0 aromatic carbocycles. The van der Waals surface area contributed by atoms with Crippen molar-refractivity contribution in [3.8, 4) is 0 Å². The third kappa shape index (κ3) is 2.91. The van der Waals surface area contributed by atoms with Gasteiger partial charge in [-0.05, 0) is 38.0 Å². The molecule has 2 aliphatic rings. The topological polar surface area (TPSA) is 81.4 Å². The Morgan fingerprint density at radius 3 is 2.96 bits per heavy atom. The van der Waals surface area contributed by atoms with Crippen LogP contribution in [0, 0.1) is 19.8 Å². The Hall–Kier alpha value is -2.28. The summed E-state index contributed by atoms with van der Waals surface area (Å²) in [5.74, 6) is 1.62. The number of hydrogen-bond donors (Lipinski definition) is 0. The van der Waals surface area contributed by atoms with Gasteiger partial charge >= 0.3 is 0 Å². The Morgan fingerprint density at radius 1 is 1.38 bits per heavy atom. The van der Waals surface area contributed by atoms with Crippen LogP contribution in [0.3, 0.4) is 0 Å². The number of carbonyl (C=O) groups is 1. The first-order valence-electron chi connectivity index (χ1n) is 8.25. The molecule has 0 unspecified atom stereocenters. The SMILES string of the molecule is Cc1ccnc(C(=O)N2C[C@@H]3C[C@H](Cc4nc(C)no4)O[C@@H]3C2)c1. The second-order valence-corrected chi connectivity index (χ2v) is 6.66. The van der Waals surface area contributed by atoms with E-state index >= 15 is 0 Å². The van der Waals surface area contributed by atoms with Gasteiger partial charge in [-0.25, -0.2) is 0 Å². The van der Waals surface area contributed by atoms with Crippen molar-refractivity contribution in [3.05, 3.63) is 41.3 Å². The van der Waals surface area contributed by atoms with E-state index in [0.29, 0.717) is 36.3 Å². The molecular weight excluding hydrogens is 308 g/mol. The number of likely N-dealkylation sites (tertiary alicyclic amines) is 1. The van der Waals surface area contributed by atoms with E-state index in [9.17, 15) is 4.79 Å².